The zero-order chi connectivity index (χ0) is 15.1. The van der Waals surface area contributed by atoms with Crippen LogP contribution >= 0.6 is 0 Å². The van der Waals surface area contributed by atoms with Crippen LogP contribution in [0.3, 0.4) is 0 Å². The lowest BCUT2D eigenvalue weighted by Crippen LogP contribution is -2.12. The molecule has 0 saturated carbocycles. The van der Waals surface area contributed by atoms with Crippen molar-refractivity contribution in [2.45, 2.75) is 26.9 Å². The quantitative estimate of drug-likeness (QED) is 0.601. The Balaban J connectivity index is 1.95. The maximum absolute atomic E-state index is 5.66. The van der Waals surface area contributed by atoms with Gasteiger partial charge >= 0.3 is 0 Å². The predicted octanol–water partition coefficient (Wildman–Crippen LogP) is 2.44. The van der Waals surface area contributed by atoms with Crippen molar-refractivity contribution in [3.8, 4) is 11.5 Å². The SMILES string of the molecule is CCCOc1ccc(OCc2nc(C)cc(NN)n2)cc1. The summed E-state index contributed by atoms with van der Waals surface area (Å²) in [4.78, 5) is 8.53. The van der Waals surface area contributed by atoms with E-state index in [0.717, 1.165) is 23.6 Å². The number of hydrazine groups is 1. The third-order valence-corrected chi connectivity index (χ3v) is 2.71. The normalized spacial score (nSPS) is 10.2. The van der Waals surface area contributed by atoms with Gasteiger partial charge in [-0.3, -0.25) is 0 Å². The molecule has 0 aliphatic rings. The number of hydrogen-bond donors (Lipinski definition) is 2. The maximum atomic E-state index is 5.66. The number of nitrogen functional groups attached to an aromatic ring is 1. The highest BCUT2D eigenvalue weighted by molar-refractivity contribution is 5.34. The van der Waals surface area contributed by atoms with Crippen molar-refractivity contribution in [2.24, 2.45) is 5.84 Å². The van der Waals surface area contributed by atoms with Gasteiger partial charge in [-0.15, -0.1) is 0 Å². The Kier molecular flexibility index (Phi) is 5.34. The second kappa shape index (κ2) is 7.44. The van der Waals surface area contributed by atoms with E-state index in [1.807, 2.05) is 31.2 Å². The number of aromatic nitrogens is 2. The second-order valence-electron chi connectivity index (χ2n) is 4.56. The third-order valence-electron chi connectivity index (χ3n) is 2.71. The average Bonchev–Trinajstić information content (AvgIpc) is 2.51. The number of nitrogens with one attached hydrogen (secondary N) is 1. The van der Waals surface area contributed by atoms with Crippen molar-refractivity contribution >= 4 is 5.82 Å². The molecule has 0 aliphatic carbocycles. The van der Waals surface area contributed by atoms with Gasteiger partial charge in [0.25, 0.3) is 0 Å². The molecule has 0 unspecified atom stereocenters. The van der Waals surface area contributed by atoms with Crippen LogP contribution in [0.5, 0.6) is 11.5 Å². The molecule has 0 saturated heterocycles. The first kappa shape index (κ1) is 15.1. The Bertz CT molecular complexity index is 572. The van der Waals surface area contributed by atoms with E-state index in [1.54, 1.807) is 6.07 Å². The van der Waals surface area contributed by atoms with Crippen LogP contribution in [0.1, 0.15) is 24.9 Å². The van der Waals surface area contributed by atoms with E-state index in [9.17, 15) is 0 Å². The number of rotatable bonds is 7. The lowest BCUT2D eigenvalue weighted by atomic mass is 10.3. The Hall–Kier alpha value is -2.34. The van der Waals surface area contributed by atoms with Crippen molar-refractivity contribution in [1.82, 2.24) is 9.97 Å². The molecule has 0 bridgehead atoms. The minimum atomic E-state index is 0.283. The Morgan fingerprint density at radius 2 is 1.76 bits per heavy atom. The molecule has 0 radical (unpaired) electrons. The standard InChI is InChI=1S/C15H20N4O2/c1-3-8-20-12-4-6-13(7-5-12)21-10-15-17-11(2)9-14(18-15)19-16/h4-7,9H,3,8,10,16H2,1-2H3,(H,17,18,19). The molecule has 2 aromatic rings. The predicted molar refractivity (Wildman–Crippen MR) is 81.1 cm³/mol. The van der Waals surface area contributed by atoms with Gasteiger partial charge in [0, 0.05) is 11.8 Å². The van der Waals surface area contributed by atoms with E-state index in [-0.39, 0.29) is 6.61 Å². The summed E-state index contributed by atoms with van der Waals surface area (Å²) < 4.78 is 11.2. The Morgan fingerprint density at radius 1 is 1.10 bits per heavy atom. The molecule has 0 amide bonds. The summed E-state index contributed by atoms with van der Waals surface area (Å²) in [5.41, 5.74) is 3.34. The molecule has 0 aliphatic heterocycles. The number of anilines is 1. The fourth-order valence-corrected chi connectivity index (χ4v) is 1.77. The molecule has 3 N–H and O–H groups in total. The van der Waals surface area contributed by atoms with Gasteiger partial charge in [-0.05, 0) is 37.6 Å². The monoisotopic (exact) mass is 288 g/mol. The first-order chi connectivity index (χ1) is 10.2. The third kappa shape index (κ3) is 4.61. The van der Waals surface area contributed by atoms with Gasteiger partial charge < -0.3 is 14.9 Å². The fourth-order valence-electron chi connectivity index (χ4n) is 1.77. The summed E-state index contributed by atoms with van der Waals surface area (Å²) in [6, 6.07) is 9.26. The van der Waals surface area contributed by atoms with Crippen molar-refractivity contribution < 1.29 is 9.47 Å². The van der Waals surface area contributed by atoms with Crippen molar-refractivity contribution in [2.75, 3.05) is 12.0 Å². The minimum Gasteiger partial charge on any atom is -0.494 e. The van der Waals surface area contributed by atoms with Crippen LogP contribution in [-0.4, -0.2) is 16.6 Å². The van der Waals surface area contributed by atoms with Gasteiger partial charge in [-0.25, -0.2) is 15.8 Å². The highest BCUT2D eigenvalue weighted by Crippen LogP contribution is 2.18. The highest BCUT2D eigenvalue weighted by Gasteiger charge is 2.03. The number of aryl methyl sites for hydroxylation is 1. The van der Waals surface area contributed by atoms with Crippen LogP contribution in [-0.2, 0) is 6.61 Å². The largest absolute Gasteiger partial charge is 0.494 e. The molecule has 21 heavy (non-hydrogen) atoms. The number of ether oxygens (including phenoxy) is 2. The van der Waals surface area contributed by atoms with Crippen LogP contribution < -0.4 is 20.7 Å². The van der Waals surface area contributed by atoms with Crippen LogP contribution in [0.2, 0.25) is 0 Å². The summed E-state index contributed by atoms with van der Waals surface area (Å²) in [5.74, 6) is 8.09. The van der Waals surface area contributed by atoms with Crippen molar-refractivity contribution in [1.29, 1.82) is 0 Å². The Labute approximate surface area is 124 Å². The molecule has 6 heteroatoms. The summed E-state index contributed by atoms with van der Waals surface area (Å²) in [6.45, 7) is 4.95. The molecule has 0 atom stereocenters. The zero-order valence-electron chi connectivity index (χ0n) is 12.3. The van der Waals surface area contributed by atoms with E-state index in [4.69, 9.17) is 15.3 Å². The molecule has 1 heterocycles. The smallest absolute Gasteiger partial charge is 0.168 e. The fraction of sp³-hybridized carbons (Fsp3) is 0.333. The van der Waals surface area contributed by atoms with E-state index in [0.29, 0.717) is 18.2 Å². The maximum Gasteiger partial charge on any atom is 0.168 e. The zero-order valence-corrected chi connectivity index (χ0v) is 12.3. The van der Waals surface area contributed by atoms with Gasteiger partial charge in [0.15, 0.2) is 5.82 Å². The Morgan fingerprint density at radius 3 is 2.38 bits per heavy atom. The molecule has 2 rings (SSSR count). The van der Waals surface area contributed by atoms with Crippen LogP contribution in [0.4, 0.5) is 5.82 Å². The lowest BCUT2D eigenvalue weighted by molar-refractivity contribution is 0.292. The van der Waals surface area contributed by atoms with Crippen LogP contribution in [0.15, 0.2) is 30.3 Å². The van der Waals surface area contributed by atoms with E-state index in [1.165, 1.54) is 0 Å². The topological polar surface area (TPSA) is 82.3 Å². The summed E-state index contributed by atoms with van der Waals surface area (Å²) >= 11 is 0. The van der Waals surface area contributed by atoms with Gasteiger partial charge in [0.1, 0.15) is 23.9 Å². The first-order valence-electron chi connectivity index (χ1n) is 6.88. The number of hydrogen-bond acceptors (Lipinski definition) is 6. The number of nitrogens with two attached hydrogens (primary N) is 1. The number of nitrogens with zero attached hydrogens (tertiary/aromatic N) is 2. The van der Waals surface area contributed by atoms with Gasteiger partial charge in [-0.1, -0.05) is 6.92 Å². The molecule has 0 fully saturated rings. The molecule has 1 aromatic heterocycles. The molecular formula is C15H20N4O2. The molecule has 0 spiro atoms. The van der Waals surface area contributed by atoms with Crippen molar-refractivity contribution in [3.63, 3.8) is 0 Å². The van der Waals surface area contributed by atoms with Crippen LogP contribution in [0.25, 0.3) is 0 Å². The number of benzene rings is 1. The van der Waals surface area contributed by atoms with E-state index < -0.39 is 0 Å². The van der Waals surface area contributed by atoms with Gasteiger partial charge in [0.05, 0.1) is 6.61 Å². The van der Waals surface area contributed by atoms with E-state index in [2.05, 4.69) is 22.3 Å². The molecule has 1 aromatic carbocycles. The minimum absolute atomic E-state index is 0.283. The van der Waals surface area contributed by atoms with E-state index >= 15 is 0 Å². The summed E-state index contributed by atoms with van der Waals surface area (Å²) in [6.07, 6.45) is 0.987. The van der Waals surface area contributed by atoms with Gasteiger partial charge in [-0.2, -0.15) is 0 Å². The molecular weight excluding hydrogens is 268 g/mol. The van der Waals surface area contributed by atoms with Gasteiger partial charge in [0.2, 0.25) is 0 Å². The van der Waals surface area contributed by atoms with Crippen molar-refractivity contribution in [3.05, 3.63) is 41.9 Å². The summed E-state index contributed by atoms with van der Waals surface area (Å²) in [5, 5.41) is 0. The van der Waals surface area contributed by atoms with Crippen LogP contribution in [0, 0.1) is 6.92 Å². The molecule has 6 nitrogen and oxygen atoms in total. The second-order valence-corrected chi connectivity index (χ2v) is 4.56. The molecule has 112 valence electrons. The average molecular weight is 288 g/mol. The lowest BCUT2D eigenvalue weighted by Gasteiger charge is -2.09. The summed E-state index contributed by atoms with van der Waals surface area (Å²) in [7, 11) is 0. The highest BCUT2D eigenvalue weighted by atomic mass is 16.5. The first-order valence-corrected chi connectivity index (χ1v) is 6.88.